The van der Waals surface area contributed by atoms with Crippen molar-refractivity contribution in [3.8, 4) is 0 Å². The van der Waals surface area contributed by atoms with Crippen LogP contribution < -0.4 is 15.1 Å². The number of nitrogens with one attached hydrogen (secondary N) is 1. The highest BCUT2D eigenvalue weighted by molar-refractivity contribution is 6.46. The van der Waals surface area contributed by atoms with Crippen molar-refractivity contribution >= 4 is 34.4 Å². The Morgan fingerprint density at radius 3 is 2.00 bits per heavy atom. The Labute approximate surface area is 194 Å². The molecule has 172 valence electrons. The van der Waals surface area contributed by atoms with Crippen molar-refractivity contribution in [3.05, 3.63) is 95.4 Å². The number of amides is 2. The predicted octanol–water partition coefficient (Wildman–Crippen LogP) is 5.10. The first kappa shape index (κ1) is 21.8. The highest BCUT2D eigenvalue weighted by Crippen LogP contribution is 2.34. The normalized spacial score (nSPS) is 16.1. The van der Waals surface area contributed by atoms with E-state index in [1.54, 1.807) is 12.1 Å². The van der Waals surface area contributed by atoms with Crippen LogP contribution in [-0.4, -0.2) is 24.9 Å². The number of hydrogen-bond acceptors (Lipinski definition) is 4. The molecule has 3 aromatic carbocycles. The van der Waals surface area contributed by atoms with Gasteiger partial charge < -0.3 is 10.2 Å². The van der Waals surface area contributed by atoms with Crippen LogP contribution in [0.15, 0.2) is 72.4 Å². The van der Waals surface area contributed by atoms with Crippen molar-refractivity contribution in [2.45, 2.75) is 12.8 Å². The molecular weight excluding hydrogens is 443 g/mol. The third-order valence-corrected chi connectivity index (χ3v) is 5.99. The summed E-state index contributed by atoms with van der Waals surface area (Å²) < 4.78 is 40.8. The summed E-state index contributed by atoms with van der Waals surface area (Å²) in [7, 11) is 0. The summed E-state index contributed by atoms with van der Waals surface area (Å²) in [5.74, 6) is -4.21. The largest absolute Gasteiger partial charge is 0.372 e. The molecule has 5 nitrogen and oxygen atoms in total. The third-order valence-electron chi connectivity index (χ3n) is 5.99. The first-order valence-corrected chi connectivity index (χ1v) is 10.9. The van der Waals surface area contributed by atoms with Gasteiger partial charge in [-0.2, -0.15) is 0 Å². The zero-order chi connectivity index (χ0) is 23.8. The molecule has 0 radical (unpaired) electrons. The molecule has 5 rings (SSSR count). The maximum Gasteiger partial charge on any atom is 0.282 e. The fourth-order valence-corrected chi connectivity index (χ4v) is 4.26. The number of hydrogen-bond donors (Lipinski definition) is 1. The lowest BCUT2D eigenvalue weighted by Crippen LogP contribution is -2.32. The molecule has 0 saturated carbocycles. The van der Waals surface area contributed by atoms with Gasteiger partial charge in [0.2, 0.25) is 0 Å². The first-order valence-electron chi connectivity index (χ1n) is 10.9. The first-order chi connectivity index (χ1) is 16.4. The van der Waals surface area contributed by atoms with Crippen LogP contribution in [0.2, 0.25) is 0 Å². The summed E-state index contributed by atoms with van der Waals surface area (Å²) in [5.41, 5.74) is 1.84. The van der Waals surface area contributed by atoms with E-state index in [4.69, 9.17) is 0 Å². The SMILES string of the molecule is O=C1C(Nc2ccc(N3CCCC3)cc2)=C(c2ccc(F)cc2)C(=O)N1c1ccc(F)c(F)c1. The summed E-state index contributed by atoms with van der Waals surface area (Å²) in [4.78, 5) is 29.7. The lowest BCUT2D eigenvalue weighted by molar-refractivity contribution is -0.120. The van der Waals surface area contributed by atoms with Gasteiger partial charge in [-0.25, -0.2) is 18.1 Å². The molecule has 2 heterocycles. The van der Waals surface area contributed by atoms with Gasteiger partial charge in [0.1, 0.15) is 11.5 Å². The highest BCUT2D eigenvalue weighted by Gasteiger charge is 2.40. The molecule has 2 aliphatic rings. The molecule has 0 bridgehead atoms. The fraction of sp³-hybridized carbons (Fsp3) is 0.154. The lowest BCUT2D eigenvalue weighted by atomic mass is 10.0. The van der Waals surface area contributed by atoms with Crippen LogP contribution in [0.25, 0.3) is 5.57 Å². The van der Waals surface area contributed by atoms with Crippen molar-refractivity contribution in [2.24, 2.45) is 0 Å². The number of carbonyl (C=O) groups is 2. The lowest BCUT2D eigenvalue weighted by Gasteiger charge is -2.18. The minimum atomic E-state index is -1.18. The molecular formula is C26H20F3N3O2. The molecule has 2 amide bonds. The fourth-order valence-electron chi connectivity index (χ4n) is 4.26. The van der Waals surface area contributed by atoms with Crippen LogP contribution in [-0.2, 0) is 9.59 Å². The molecule has 0 spiro atoms. The van der Waals surface area contributed by atoms with E-state index in [1.165, 1.54) is 24.3 Å². The van der Waals surface area contributed by atoms with Crippen molar-refractivity contribution in [2.75, 3.05) is 28.2 Å². The number of imide groups is 1. The molecule has 1 fully saturated rings. The third kappa shape index (κ3) is 3.91. The van der Waals surface area contributed by atoms with Crippen molar-refractivity contribution in [1.82, 2.24) is 0 Å². The van der Waals surface area contributed by atoms with E-state index in [0.717, 1.165) is 54.7 Å². The molecule has 3 aromatic rings. The van der Waals surface area contributed by atoms with E-state index in [1.807, 2.05) is 12.1 Å². The van der Waals surface area contributed by atoms with Gasteiger partial charge in [-0.1, -0.05) is 12.1 Å². The van der Waals surface area contributed by atoms with Crippen LogP contribution in [0.4, 0.5) is 30.2 Å². The topological polar surface area (TPSA) is 52.7 Å². The van der Waals surface area contributed by atoms with E-state index in [2.05, 4.69) is 10.2 Å². The average Bonchev–Trinajstić information content (AvgIpc) is 3.45. The second kappa shape index (κ2) is 8.70. The quantitative estimate of drug-likeness (QED) is 0.535. The molecule has 0 unspecified atom stereocenters. The highest BCUT2D eigenvalue weighted by atomic mass is 19.2. The molecule has 1 saturated heterocycles. The van der Waals surface area contributed by atoms with Crippen LogP contribution in [0.5, 0.6) is 0 Å². The molecule has 1 N–H and O–H groups in total. The van der Waals surface area contributed by atoms with Crippen LogP contribution in [0.3, 0.4) is 0 Å². The number of benzene rings is 3. The molecule has 0 aromatic heterocycles. The molecule has 34 heavy (non-hydrogen) atoms. The Bertz CT molecular complexity index is 1300. The average molecular weight is 463 g/mol. The summed E-state index contributed by atoms with van der Waals surface area (Å²) >= 11 is 0. The van der Waals surface area contributed by atoms with E-state index in [0.29, 0.717) is 11.3 Å². The number of halogens is 3. The summed E-state index contributed by atoms with van der Waals surface area (Å²) in [6.45, 7) is 1.98. The minimum absolute atomic E-state index is 0.0124. The molecule has 8 heteroatoms. The van der Waals surface area contributed by atoms with Gasteiger partial charge in [0.05, 0.1) is 11.3 Å². The maximum absolute atomic E-state index is 13.9. The van der Waals surface area contributed by atoms with Gasteiger partial charge in [0.25, 0.3) is 11.8 Å². The number of nitrogens with zero attached hydrogens (tertiary/aromatic N) is 2. The monoisotopic (exact) mass is 463 g/mol. The predicted molar refractivity (Wildman–Crippen MR) is 124 cm³/mol. The zero-order valence-electron chi connectivity index (χ0n) is 18.0. The summed E-state index contributed by atoms with van der Waals surface area (Å²) in [6, 6.07) is 15.4. The summed E-state index contributed by atoms with van der Waals surface area (Å²) in [5, 5.41) is 3.02. The second-order valence-corrected chi connectivity index (χ2v) is 8.17. The molecule has 2 aliphatic heterocycles. The van der Waals surface area contributed by atoms with Crippen molar-refractivity contribution < 1.29 is 22.8 Å². The maximum atomic E-state index is 13.9. The van der Waals surface area contributed by atoms with Gasteiger partial charge in [0, 0.05) is 30.5 Å². The Kier molecular flexibility index (Phi) is 5.57. The Balaban J connectivity index is 1.52. The Hall–Kier alpha value is -4.07. The van der Waals surface area contributed by atoms with Gasteiger partial charge >= 0.3 is 0 Å². The van der Waals surface area contributed by atoms with Gasteiger partial charge in [0.15, 0.2) is 11.6 Å². The van der Waals surface area contributed by atoms with Crippen LogP contribution >= 0.6 is 0 Å². The summed E-state index contributed by atoms with van der Waals surface area (Å²) in [6.07, 6.45) is 2.29. The number of anilines is 3. The Morgan fingerprint density at radius 2 is 1.35 bits per heavy atom. The molecule has 0 atom stereocenters. The second-order valence-electron chi connectivity index (χ2n) is 8.17. The van der Waals surface area contributed by atoms with E-state index < -0.39 is 29.3 Å². The van der Waals surface area contributed by atoms with Gasteiger partial charge in [-0.3, -0.25) is 9.59 Å². The number of carbonyl (C=O) groups excluding carboxylic acids is 2. The van der Waals surface area contributed by atoms with Gasteiger partial charge in [-0.05, 0) is 66.9 Å². The van der Waals surface area contributed by atoms with Crippen molar-refractivity contribution in [1.29, 1.82) is 0 Å². The van der Waals surface area contributed by atoms with E-state index in [-0.39, 0.29) is 17.0 Å². The van der Waals surface area contributed by atoms with Crippen LogP contribution in [0, 0.1) is 17.5 Å². The van der Waals surface area contributed by atoms with Crippen LogP contribution in [0.1, 0.15) is 18.4 Å². The molecule has 0 aliphatic carbocycles. The van der Waals surface area contributed by atoms with Crippen molar-refractivity contribution in [3.63, 3.8) is 0 Å². The standard InChI is InChI=1S/C26H20F3N3O2/c27-17-5-3-16(4-6-17)23-24(30-18-7-9-19(10-8-18)31-13-1-2-14-31)26(34)32(25(23)33)20-11-12-21(28)22(29)15-20/h3-12,15,30H,1-2,13-14H2. The van der Waals surface area contributed by atoms with E-state index in [9.17, 15) is 22.8 Å². The number of rotatable bonds is 5. The minimum Gasteiger partial charge on any atom is -0.372 e. The van der Waals surface area contributed by atoms with E-state index >= 15 is 0 Å². The smallest absolute Gasteiger partial charge is 0.282 e. The zero-order valence-corrected chi connectivity index (χ0v) is 18.0. The Morgan fingerprint density at radius 1 is 0.706 bits per heavy atom. The van der Waals surface area contributed by atoms with Gasteiger partial charge in [-0.15, -0.1) is 0 Å².